The fourth-order valence-electron chi connectivity index (χ4n) is 4.85. The highest BCUT2D eigenvalue weighted by molar-refractivity contribution is 7.88. The molecule has 0 heterocycles. The molecule has 296 valence electrons. The van der Waals surface area contributed by atoms with Crippen molar-refractivity contribution < 1.29 is 87.5 Å². The predicted molar refractivity (Wildman–Crippen MR) is 167 cm³/mol. The number of alkyl halides is 12. The lowest BCUT2D eigenvalue weighted by Crippen LogP contribution is -2.55. The van der Waals surface area contributed by atoms with E-state index in [1.807, 2.05) is 0 Å². The maximum Gasteiger partial charge on any atom is 0.534 e. The molecule has 4 aromatic carbocycles. The molecule has 55 heavy (non-hydrogen) atoms. The molecule has 0 amide bonds. The molecule has 8 nitrogen and oxygen atoms in total. The Kier molecular flexibility index (Phi) is 11.4. The molecule has 4 rings (SSSR count). The van der Waals surface area contributed by atoms with Crippen molar-refractivity contribution in [3.05, 3.63) is 128 Å². The van der Waals surface area contributed by atoms with E-state index in [4.69, 9.17) is 23.2 Å². The van der Waals surface area contributed by atoms with Crippen LogP contribution in [-0.4, -0.2) is 51.8 Å². The Morgan fingerprint density at radius 1 is 0.473 bits per heavy atom. The number of carbonyl (C=O) groups excluding carboxylic acids is 2. The number of hydrogen-bond acceptors (Lipinski definition) is 8. The van der Waals surface area contributed by atoms with Gasteiger partial charge in [-0.1, -0.05) is 35.3 Å². The summed E-state index contributed by atoms with van der Waals surface area (Å²) in [5, 5.41) is -0.178. The van der Waals surface area contributed by atoms with Gasteiger partial charge in [-0.25, -0.2) is 0 Å². The lowest BCUT2D eigenvalue weighted by atomic mass is 9.71. The summed E-state index contributed by atoms with van der Waals surface area (Å²) in [5.41, 5.74) is -26.8. The molecular formula is C31H14Cl2F12O8S2. The molecule has 0 saturated heterocycles. The highest BCUT2D eigenvalue weighted by Crippen LogP contribution is 2.57. The van der Waals surface area contributed by atoms with E-state index in [-0.39, 0.29) is 46.4 Å². The van der Waals surface area contributed by atoms with Gasteiger partial charge in [0.25, 0.3) is 0 Å². The average molecular weight is 877 g/mol. The molecule has 0 aliphatic heterocycles. The van der Waals surface area contributed by atoms with Gasteiger partial charge < -0.3 is 8.37 Å². The van der Waals surface area contributed by atoms with Crippen LogP contribution in [0.2, 0.25) is 10.0 Å². The van der Waals surface area contributed by atoms with E-state index >= 15 is 26.3 Å². The smallest absolute Gasteiger partial charge is 0.375 e. The van der Waals surface area contributed by atoms with Crippen LogP contribution < -0.4 is 8.37 Å². The molecule has 0 bridgehead atoms. The van der Waals surface area contributed by atoms with E-state index in [9.17, 15) is 52.8 Å². The van der Waals surface area contributed by atoms with Gasteiger partial charge >= 0.3 is 43.6 Å². The number of halogens is 14. The van der Waals surface area contributed by atoms with Crippen LogP contribution in [-0.2, 0) is 25.7 Å². The van der Waals surface area contributed by atoms with E-state index in [1.165, 1.54) is 0 Å². The summed E-state index contributed by atoms with van der Waals surface area (Å²) in [4.78, 5) is 26.9. The summed E-state index contributed by atoms with van der Waals surface area (Å²) >= 11 is 11.4. The SMILES string of the molecule is O=C(c1ccc(Cl)cc1)c1cc(C(c2ccc(OS(=O)(=O)C(F)(F)F)c(C(=O)c3ccc(Cl)cc3)c2)(C(F)(F)F)C(F)(F)F)ccc1OS(=O)(=O)C(F)(F)F. The third-order valence-electron chi connectivity index (χ3n) is 7.34. The second-order valence-electron chi connectivity index (χ2n) is 10.8. The quantitative estimate of drug-likeness (QED) is 0.0670. The molecular weight excluding hydrogens is 863 g/mol. The molecule has 0 spiro atoms. The van der Waals surface area contributed by atoms with Crippen LogP contribution in [0.4, 0.5) is 52.7 Å². The number of ketones is 2. The van der Waals surface area contributed by atoms with Gasteiger partial charge in [0.15, 0.2) is 23.1 Å². The summed E-state index contributed by atoms with van der Waals surface area (Å²) in [6.07, 6.45) is -13.3. The Balaban J connectivity index is 2.13. The van der Waals surface area contributed by atoms with Gasteiger partial charge in [-0.15, -0.1) is 0 Å². The van der Waals surface area contributed by atoms with Crippen molar-refractivity contribution in [1.82, 2.24) is 0 Å². The molecule has 0 fully saturated rings. The van der Waals surface area contributed by atoms with Crippen LogP contribution in [0.25, 0.3) is 0 Å². The van der Waals surface area contributed by atoms with Crippen molar-refractivity contribution in [2.24, 2.45) is 0 Å². The van der Waals surface area contributed by atoms with Crippen molar-refractivity contribution >= 4 is 55.0 Å². The highest BCUT2D eigenvalue weighted by Gasteiger charge is 2.73. The monoisotopic (exact) mass is 876 g/mol. The molecule has 0 aliphatic carbocycles. The van der Waals surface area contributed by atoms with Crippen LogP contribution >= 0.6 is 23.2 Å². The number of rotatable bonds is 10. The zero-order valence-electron chi connectivity index (χ0n) is 26.0. The third-order valence-corrected chi connectivity index (χ3v) is 9.78. The first-order chi connectivity index (χ1) is 24.9. The van der Waals surface area contributed by atoms with Crippen LogP contribution in [0.3, 0.4) is 0 Å². The van der Waals surface area contributed by atoms with Crippen LogP contribution in [0.5, 0.6) is 11.5 Å². The molecule has 0 radical (unpaired) electrons. The van der Waals surface area contributed by atoms with Gasteiger partial charge in [-0.3, -0.25) is 9.59 Å². The lowest BCUT2D eigenvalue weighted by Gasteiger charge is -2.38. The molecule has 0 atom stereocenters. The molecule has 24 heteroatoms. The Hall–Kier alpha value is -4.54. The van der Waals surface area contributed by atoms with Gasteiger partial charge in [-0.05, 0) is 83.9 Å². The van der Waals surface area contributed by atoms with Crippen molar-refractivity contribution in [1.29, 1.82) is 0 Å². The third kappa shape index (κ3) is 8.36. The van der Waals surface area contributed by atoms with Gasteiger partial charge in [0, 0.05) is 21.2 Å². The van der Waals surface area contributed by atoms with Crippen LogP contribution in [0, 0.1) is 0 Å². The summed E-state index contributed by atoms with van der Waals surface area (Å²) in [6, 6.07) is 5.74. The molecule has 0 aromatic heterocycles. The van der Waals surface area contributed by atoms with Crippen LogP contribution in [0.15, 0.2) is 84.9 Å². The number of carbonyl (C=O) groups is 2. The Morgan fingerprint density at radius 3 is 1.02 bits per heavy atom. The van der Waals surface area contributed by atoms with Gasteiger partial charge in [0.2, 0.25) is 5.41 Å². The normalized spacial score (nSPS) is 13.3. The fraction of sp³-hybridized carbons (Fsp3) is 0.161. The fourth-order valence-corrected chi connectivity index (χ4v) is 6.06. The van der Waals surface area contributed by atoms with Crippen LogP contribution in [0.1, 0.15) is 43.0 Å². The summed E-state index contributed by atoms with van der Waals surface area (Å²) in [6.45, 7) is 0. The lowest BCUT2D eigenvalue weighted by molar-refractivity contribution is -0.288. The molecule has 0 aliphatic rings. The predicted octanol–water partition coefficient (Wildman–Crippen LogP) is 9.32. The maximum atomic E-state index is 15.2. The summed E-state index contributed by atoms with van der Waals surface area (Å²) in [7, 11) is -13.5. The van der Waals surface area contributed by atoms with E-state index in [0.29, 0.717) is 0 Å². The second-order valence-corrected chi connectivity index (χ2v) is 14.8. The second kappa shape index (κ2) is 14.5. The van der Waals surface area contributed by atoms with Gasteiger partial charge in [0.05, 0.1) is 11.1 Å². The topological polar surface area (TPSA) is 121 Å². The highest BCUT2D eigenvalue weighted by atomic mass is 35.5. The molecule has 0 unspecified atom stereocenters. The first kappa shape index (κ1) is 43.2. The van der Waals surface area contributed by atoms with Gasteiger partial charge in [0.1, 0.15) is 0 Å². The van der Waals surface area contributed by atoms with Crippen molar-refractivity contribution in [2.75, 3.05) is 0 Å². The molecule has 4 aromatic rings. The maximum absolute atomic E-state index is 15.2. The first-order valence-corrected chi connectivity index (χ1v) is 17.6. The van der Waals surface area contributed by atoms with Crippen molar-refractivity contribution in [3.63, 3.8) is 0 Å². The summed E-state index contributed by atoms with van der Waals surface area (Å²) in [5.74, 6) is -6.83. The van der Waals surface area contributed by atoms with Crippen molar-refractivity contribution in [3.8, 4) is 11.5 Å². The van der Waals surface area contributed by atoms with E-state index in [0.717, 1.165) is 48.5 Å². The Bertz CT molecular complexity index is 2190. The molecule has 0 saturated carbocycles. The standard InChI is InChI=1S/C31H14Cl2F12O8S2/c32-19-7-1-15(2-8-19)25(46)21-13-17(5-11-23(21)52-54(48,49)30(40,41)42)27(28(34,35)36,29(37,38)39)18-6-12-24(53-55(50,51)31(43,44)45)22(14-18)26(47)16-3-9-20(33)10-4-16/h1-14H. The number of benzene rings is 4. The van der Waals surface area contributed by atoms with E-state index in [2.05, 4.69) is 8.37 Å². The zero-order valence-corrected chi connectivity index (χ0v) is 29.1. The minimum Gasteiger partial charge on any atom is -0.375 e. The Morgan fingerprint density at radius 2 is 0.764 bits per heavy atom. The summed E-state index contributed by atoms with van der Waals surface area (Å²) < 4.78 is 226. The number of hydrogen-bond donors (Lipinski definition) is 0. The minimum atomic E-state index is -6.73. The zero-order chi connectivity index (χ0) is 41.7. The average Bonchev–Trinajstić information content (AvgIpc) is 3.03. The van der Waals surface area contributed by atoms with E-state index < -0.39 is 105 Å². The van der Waals surface area contributed by atoms with Gasteiger partial charge in [-0.2, -0.15) is 69.5 Å². The minimum absolute atomic E-state index is 0.0889. The Labute approximate surface area is 310 Å². The first-order valence-electron chi connectivity index (χ1n) is 14.0. The molecule has 0 N–H and O–H groups in total. The largest absolute Gasteiger partial charge is 0.534 e. The van der Waals surface area contributed by atoms with E-state index in [1.54, 1.807) is 0 Å². The van der Waals surface area contributed by atoms with Crippen molar-refractivity contribution in [2.45, 2.75) is 28.8 Å².